The molecule has 180 valence electrons. The fraction of sp³-hybridized carbons (Fsp3) is 0.125. The summed E-state index contributed by atoms with van der Waals surface area (Å²) in [5.41, 5.74) is 2.59. The number of alkyl halides is 3. The van der Waals surface area contributed by atoms with Crippen LogP contribution in [0.3, 0.4) is 0 Å². The van der Waals surface area contributed by atoms with E-state index in [4.69, 9.17) is 4.74 Å². The third-order valence-corrected chi connectivity index (χ3v) is 5.37. The van der Waals surface area contributed by atoms with E-state index in [9.17, 15) is 18.0 Å². The molecule has 0 aliphatic carbocycles. The van der Waals surface area contributed by atoms with Gasteiger partial charge in [-0.1, -0.05) is 28.1 Å². The van der Waals surface area contributed by atoms with E-state index >= 15 is 0 Å². The molecule has 1 aromatic heterocycles. The van der Waals surface area contributed by atoms with Crippen molar-refractivity contribution in [3.63, 3.8) is 0 Å². The number of carbonyl (C=O) groups is 1. The van der Waals surface area contributed by atoms with Gasteiger partial charge in [-0.15, -0.1) is 18.3 Å². The zero-order chi connectivity index (χ0) is 25.0. The summed E-state index contributed by atoms with van der Waals surface area (Å²) in [4.78, 5) is 16.5. The molecule has 1 atom stereocenters. The molecule has 1 unspecified atom stereocenters. The maximum Gasteiger partial charge on any atom is 0.573 e. The van der Waals surface area contributed by atoms with Gasteiger partial charge in [0.25, 0.3) is 0 Å². The van der Waals surface area contributed by atoms with Gasteiger partial charge in [0.15, 0.2) is 5.82 Å². The average Bonchev–Trinajstić information content (AvgIpc) is 3.29. The first-order valence-electron chi connectivity index (χ1n) is 10.3. The van der Waals surface area contributed by atoms with Crippen LogP contribution in [0.5, 0.6) is 5.75 Å². The Morgan fingerprint density at radius 2 is 1.66 bits per heavy atom. The van der Waals surface area contributed by atoms with Gasteiger partial charge < -0.3 is 9.47 Å². The van der Waals surface area contributed by atoms with E-state index in [0.717, 1.165) is 10.0 Å². The Bertz CT molecular complexity index is 1290. The second-order valence-corrected chi connectivity index (χ2v) is 8.27. The zero-order valence-electron chi connectivity index (χ0n) is 18.2. The van der Waals surface area contributed by atoms with E-state index in [1.54, 1.807) is 31.2 Å². The van der Waals surface area contributed by atoms with Crippen molar-refractivity contribution in [1.29, 1.82) is 0 Å². The topological polar surface area (TPSA) is 78.3 Å². The molecule has 11 heteroatoms. The minimum absolute atomic E-state index is 0.325. The van der Waals surface area contributed by atoms with Crippen LogP contribution in [0.4, 0.5) is 23.7 Å². The molecule has 4 aromatic rings. The van der Waals surface area contributed by atoms with Crippen LogP contribution in [-0.4, -0.2) is 27.2 Å². The van der Waals surface area contributed by atoms with E-state index in [1.165, 1.54) is 35.3 Å². The summed E-state index contributed by atoms with van der Waals surface area (Å²) in [7, 11) is 0. The van der Waals surface area contributed by atoms with E-state index in [2.05, 4.69) is 36.1 Å². The molecular weight excluding hydrogens is 529 g/mol. The molecule has 1 N–H and O–H groups in total. The molecule has 0 aliphatic heterocycles. The molecule has 0 saturated heterocycles. The number of anilines is 1. The fourth-order valence-electron chi connectivity index (χ4n) is 3.13. The average molecular weight is 547 g/mol. The molecule has 0 aliphatic rings. The summed E-state index contributed by atoms with van der Waals surface area (Å²) in [6.07, 6.45) is -4.32. The number of carbonyl (C=O) groups excluding carboxylic acids is 1. The van der Waals surface area contributed by atoms with Crippen molar-refractivity contribution >= 4 is 27.7 Å². The lowest BCUT2D eigenvalue weighted by molar-refractivity contribution is -0.274. The molecule has 0 bridgehead atoms. The van der Waals surface area contributed by atoms with Gasteiger partial charge in [0.05, 0.1) is 5.69 Å². The van der Waals surface area contributed by atoms with Crippen molar-refractivity contribution in [3.05, 3.63) is 89.2 Å². The number of halogens is 4. The van der Waals surface area contributed by atoms with Crippen LogP contribution in [0, 0.1) is 0 Å². The number of hydrogen-bond donors (Lipinski definition) is 1. The highest BCUT2D eigenvalue weighted by Gasteiger charge is 2.31. The molecule has 3 aromatic carbocycles. The summed E-state index contributed by atoms with van der Waals surface area (Å²) in [6, 6.07) is 19.6. The molecule has 4 rings (SSSR count). The van der Waals surface area contributed by atoms with Crippen molar-refractivity contribution in [2.24, 2.45) is 0 Å². The fourth-order valence-corrected chi connectivity index (χ4v) is 3.40. The molecule has 1 amide bonds. The minimum atomic E-state index is -4.75. The highest BCUT2D eigenvalue weighted by molar-refractivity contribution is 9.10. The zero-order valence-corrected chi connectivity index (χ0v) is 19.7. The normalized spacial score (nSPS) is 12.1. The van der Waals surface area contributed by atoms with Crippen LogP contribution < -0.4 is 10.1 Å². The van der Waals surface area contributed by atoms with E-state index in [1.807, 2.05) is 24.3 Å². The number of nitrogens with zero attached hydrogens (tertiary/aromatic N) is 3. The van der Waals surface area contributed by atoms with Crippen molar-refractivity contribution in [3.8, 4) is 22.8 Å². The van der Waals surface area contributed by atoms with Crippen molar-refractivity contribution in [2.45, 2.75) is 19.4 Å². The molecule has 1 heterocycles. The van der Waals surface area contributed by atoms with Gasteiger partial charge in [-0.3, -0.25) is 5.32 Å². The smallest absolute Gasteiger partial charge is 0.441 e. The van der Waals surface area contributed by atoms with Gasteiger partial charge in [-0.05, 0) is 73.2 Å². The van der Waals surface area contributed by atoms with Gasteiger partial charge in [0.1, 0.15) is 18.2 Å². The number of amides is 1. The van der Waals surface area contributed by atoms with Gasteiger partial charge in [-0.25, -0.2) is 14.5 Å². The van der Waals surface area contributed by atoms with Gasteiger partial charge in [0.2, 0.25) is 0 Å². The number of rotatable bonds is 6. The van der Waals surface area contributed by atoms with E-state index in [-0.39, 0.29) is 5.75 Å². The number of aromatic nitrogens is 3. The molecular formula is C24H18BrF3N4O3. The van der Waals surface area contributed by atoms with Crippen LogP contribution in [0.15, 0.2) is 83.6 Å². The summed E-state index contributed by atoms with van der Waals surface area (Å²) in [6.45, 7) is 1.78. The Labute approximate surface area is 206 Å². The van der Waals surface area contributed by atoms with E-state index < -0.39 is 18.6 Å². The summed E-state index contributed by atoms with van der Waals surface area (Å²) in [5, 5.41) is 7.03. The molecule has 0 spiro atoms. The summed E-state index contributed by atoms with van der Waals surface area (Å²) < 4.78 is 48.6. The second kappa shape index (κ2) is 10.2. The number of benzene rings is 3. The summed E-state index contributed by atoms with van der Waals surface area (Å²) in [5.74, 6) is 0.0769. The Morgan fingerprint density at radius 1 is 1.00 bits per heavy atom. The number of hydrogen-bond acceptors (Lipinski definition) is 5. The number of ether oxygens (including phenoxy) is 2. The lowest BCUT2D eigenvalue weighted by atomic mass is 10.1. The van der Waals surface area contributed by atoms with Gasteiger partial charge in [-0.2, -0.15) is 0 Å². The largest absolute Gasteiger partial charge is 0.573 e. The predicted molar refractivity (Wildman–Crippen MR) is 126 cm³/mol. The molecule has 0 saturated carbocycles. The minimum Gasteiger partial charge on any atom is -0.441 e. The third kappa shape index (κ3) is 6.60. The Kier molecular flexibility index (Phi) is 7.06. The van der Waals surface area contributed by atoms with Gasteiger partial charge >= 0.3 is 12.5 Å². The standard InChI is InChI=1S/C24H18BrF3N4O3/c1-15(16-2-6-18(25)7-3-16)34-23(33)30-19-8-4-17(5-9-19)22-29-14-32(31-22)20-10-12-21(13-11-20)35-24(26,27)28/h2-15H,1H3,(H,30,33). The first kappa shape index (κ1) is 24.3. The van der Waals surface area contributed by atoms with Crippen LogP contribution in [0.2, 0.25) is 0 Å². The second-order valence-electron chi connectivity index (χ2n) is 7.36. The first-order valence-corrected chi connectivity index (χ1v) is 11.1. The highest BCUT2D eigenvalue weighted by Crippen LogP contribution is 2.25. The van der Waals surface area contributed by atoms with Crippen LogP contribution in [-0.2, 0) is 4.74 Å². The molecule has 7 nitrogen and oxygen atoms in total. The van der Waals surface area contributed by atoms with Crippen LogP contribution in [0.1, 0.15) is 18.6 Å². The quantitative estimate of drug-likeness (QED) is 0.284. The monoisotopic (exact) mass is 546 g/mol. The third-order valence-electron chi connectivity index (χ3n) is 4.84. The Hall–Kier alpha value is -3.86. The van der Waals surface area contributed by atoms with Crippen LogP contribution in [0.25, 0.3) is 17.1 Å². The van der Waals surface area contributed by atoms with Crippen molar-refractivity contribution in [1.82, 2.24) is 14.8 Å². The lowest BCUT2D eigenvalue weighted by Gasteiger charge is -2.14. The van der Waals surface area contributed by atoms with Crippen LogP contribution >= 0.6 is 15.9 Å². The van der Waals surface area contributed by atoms with E-state index in [0.29, 0.717) is 22.8 Å². The summed E-state index contributed by atoms with van der Waals surface area (Å²) >= 11 is 3.37. The Morgan fingerprint density at radius 3 is 2.29 bits per heavy atom. The van der Waals surface area contributed by atoms with Gasteiger partial charge in [0, 0.05) is 15.7 Å². The molecule has 35 heavy (non-hydrogen) atoms. The Balaban J connectivity index is 1.37. The molecule has 0 radical (unpaired) electrons. The first-order chi connectivity index (χ1) is 16.7. The highest BCUT2D eigenvalue weighted by atomic mass is 79.9. The maximum atomic E-state index is 12.3. The maximum absolute atomic E-state index is 12.3. The number of nitrogens with one attached hydrogen (secondary N) is 1. The predicted octanol–water partition coefficient (Wildman–Crippen LogP) is 6.91. The van der Waals surface area contributed by atoms with Crippen molar-refractivity contribution in [2.75, 3.05) is 5.32 Å². The lowest BCUT2D eigenvalue weighted by Crippen LogP contribution is -2.17. The SMILES string of the molecule is CC(OC(=O)Nc1ccc(-c2ncn(-c3ccc(OC(F)(F)F)cc3)n2)cc1)c1ccc(Br)cc1. The molecule has 0 fully saturated rings. The van der Waals surface area contributed by atoms with Crippen molar-refractivity contribution < 1.29 is 27.4 Å².